The van der Waals surface area contributed by atoms with E-state index < -0.39 is 0 Å². The van der Waals surface area contributed by atoms with Crippen LogP contribution in [0.15, 0.2) is 41.0 Å². The van der Waals surface area contributed by atoms with Crippen LogP contribution in [-0.4, -0.2) is 10.8 Å². The van der Waals surface area contributed by atoms with Crippen LogP contribution < -0.4 is 0 Å². The normalized spacial score (nSPS) is 11.0. The zero-order valence-electron chi connectivity index (χ0n) is 9.04. The first-order valence-electron chi connectivity index (χ1n) is 5.22. The lowest BCUT2D eigenvalue weighted by atomic mass is 10.1. The summed E-state index contributed by atoms with van der Waals surface area (Å²) >= 11 is 10.6. The summed E-state index contributed by atoms with van der Waals surface area (Å²) in [6.45, 7) is 0. The number of fused-ring (bicyclic) bond motifs is 1. The van der Waals surface area contributed by atoms with Crippen molar-refractivity contribution >= 4 is 55.6 Å². The van der Waals surface area contributed by atoms with Crippen LogP contribution in [0.1, 0.15) is 15.2 Å². The van der Waals surface area contributed by atoms with Gasteiger partial charge in [-0.1, -0.05) is 27.5 Å². The third-order valence-electron chi connectivity index (χ3n) is 2.69. The summed E-state index contributed by atoms with van der Waals surface area (Å²) in [6, 6.07) is 9.32. The van der Waals surface area contributed by atoms with Gasteiger partial charge in [0.2, 0.25) is 5.78 Å². The molecule has 2 aromatic heterocycles. The van der Waals surface area contributed by atoms with Crippen molar-refractivity contribution in [3.63, 3.8) is 0 Å². The smallest absolute Gasteiger partial charge is 0.205 e. The minimum atomic E-state index is -0.00347. The summed E-state index contributed by atoms with van der Waals surface area (Å²) in [5, 5.41) is 0.916. The molecule has 0 aliphatic rings. The lowest BCUT2D eigenvalue weighted by molar-refractivity contribution is 0.104. The topological polar surface area (TPSA) is 32.9 Å². The van der Waals surface area contributed by atoms with Crippen LogP contribution >= 0.6 is 38.9 Å². The highest BCUT2D eigenvalue weighted by atomic mass is 79.9. The predicted molar refractivity (Wildman–Crippen MR) is 78.8 cm³/mol. The van der Waals surface area contributed by atoms with Gasteiger partial charge in [0.25, 0.3) is 0 Å². The predicted octanol–water partition coefficient (Wildman–Crippen LogP) is 4.88. The Kier molecular flexibility index (Phi) is 3.01. The van der Waals surface area contributed by atoms with Crippen LogP contribution in [0.3, 0.4) is 0 Å². The van der Waals surface area contributed by atoms with E-state index in [1.807, 2.05) is 18.2 Å². The van der Waals surface area contributed by atoms with Crippen LogP contribution in [0.2, 0.25) is 4.34 Å². The molecular formula is C13H7BrClNOS. The fourth-order valence-electron chi connectivity index (χ4n) is 1.85. The zero-order valence-corrected chi connectivity index (χ0v) is 12.2. The van der Waals surface area contributed by atoms with Crippen molar-refractivity contribution in [1.82, 2.24) is 4.98 Å². The molecule has 1 aromatic carbocycles. The van der Waals surface area contributed by atoms with Crippen LogP contribution in [0.5, 0.6) is 0 Å². The molecule has 0 saturated heterocycles. The Hall–Kier alpha value is -1.10. The molecule has 0 amide bonds. The molecule has 0 spiro atoms. The Morgan fingerprint density at radius 1 is 1.28 bits per heavy atom. The number of nitrogens with one attached hydrogen (secondary N) is 1. The number of aromatic nitrogens is 1. The van der Waals surface area contributed by atoms with Crippen molar-refractivity contribution in [1.29, 1.82) is 0 Å². The number of carbonyl (C=O) groups is 1. The lowest BCUT2D eigenvalue weighted by Crippen LogP contribution is -1.96. The molecule has 3 rings (SSSR count). The Labute approximate surface area is 121 Å². The van der Waals surface area contributed by atoms with Gasteiger partial charge in [0, 0.05) is 27.1 Å². The maximum Gasteiger partial charge on any atom is 0.205 e. The number of carbonyl (C=O) groups excluding carboxylic acids is 1. The molecule has 0 radical (unpaired) electrons. The average molecular weight is 341 g/mol. The molecular weight excluding hydrogens is 334 g/mol. The standard InChI is InChI=1S/C13H7BrClNOS/c14-7-1-2-10-8(5-7)9(6-16-10)13(17)11-3-4-12(15)18-11/h1-6,16H. The zero-order chi connectivity index (χ0) is 12.7. The summed E-state index contributed by atoms with van der Waals surface area (Å²) in [7, 11) is 0. The third-order valence-corrected chi connectivity index (χ3v) is 4.41. The average Bonchev–Trinajstić information content (AvgIpc) is 2.94. The molecule has 0 saturated carbocycles. The molecule has 0 atom stereocenters. The van der Waals surface area contributed by atoms with Crippen molar-refractivity contribution in [3.05, 3.63) is 55.8 Å². The highest BCUT2D eigenvalue weighted by molar-refractivity contribution is 9.10. The molecule has 0 bridgehead atoms. The molecule has 2 heterocycles. The van der Waals surface area contributed by atoms with E-state index in [0.29, 0.717) is 14.8 Å². The number of thiophene rings is 1. The Morgan fingerprint density at radius 2 is 2.11 bits per heavy atom. The van der Waals surface area contributed by atoms with Crippen molar-refractivity contribution in [2.45, 2.75) is 0 Å². The van der Waals surface area contributed by atoms with Crippen LogP contribution in [0.4, 0.5) is 0 Å². The summed E-state index contributed by atoms with van der Waals surface area (Å²) in [5.74, 6) is -0.00347. The van der Waals surface area contributed by atoms with Crippen molar-refractivity contribution in [2.24, 2.45) is 0 Å². The molecule has 0 fully saturated rings. The highest BCUT2D eigenvalue weighted by Crippen LogP contribution is 2.28. The first-order chi connectivity index (χ1) is 8.65. The maximum absolute atomic E-state index is 12.4. The number of benzene rings is 1. The number of ketones is 1. The van der Waals surface area contributed by atoms with E-state index in [1.165, 1.54) is 11.3 Å². The molecule has 0 aliphatic carbocycles. The van der Waals surface area contributed by atoms with Crippen LogP contribution in [-0.2, 0) is 0 Å². The van der Waals surface area contributed by atoms with Gasteiger partial charge < -0.3 is 4.98 Å². The Morgan fingerprint density at radius 3 is 2.83 bits per heavy atom. The van der Waals surface area contributed by atoms with Gasteiger partial charge in [0.05, 0.1) is 9.21 Å². The van der Waals surface area contributed by atoms with Crippen LogP contribution in [0.25, 0.3) is 10.9 Å². The quantitative estimate of drug-likeness (QED) is 0.663. The molecule has 90 valence electrons. The van der Waals surface area contributed by atoms with Gasteiger partial charge in [0.1, 0.15) is 0 Å². The van der Waals surface area contributed by atoms with E-state index in [-0.39, 0.29) is 5.78 Å². The molecule has 3 aromatic rings. The summed E-state index contributed by atoms with van der Waals surface area (Å²) in [5.41, 5.74) is 1.62. The summed E-state index contributed by atoms with van der Waals surface area (Å²) in [4.78, 5) is 16.1. The van der Waals surface area contributed by atoms with Crippen molar-refractivity contribution in [2.75, 3.05) is 0 Å². The third kappa shape index (κ3) is 2.00. The van der Waals surface area contributed by atoms with E-state index in [0.717, 1.165) is 15.4 Å². The van der Waals surface area contributed by atoms with Gasteiger partial charge >= 0.3 is 0 Å². The van der Waals surface area contributed by atoms with E-state index in [4.69, 9.17) is 11.6 Å². The molecule has 1 N–H and O–H groups in total. The van der Waals surface area contributed by atoms with E-state index in [2.05, 4.69) is 20.9 Å². The minimum Gasteiger partial charge on any atom is -0.360 e. The van der Waals surface area contributed by atoms with Gasteiger partial charge in [-0.3, -0.25) is 4.79 Å². The lowest BCUT2D eigenvalue weighted by Gasteiger charge is -1.97. The number of halogens is 2. The van der Waals surface area contributed by atoms with E-state index in [1.54, 1.807) is 18.3 Å². The van der Waals surface area contributed by atoms with E-state index in [9.17, 15) is 4.79 Å². The van der Waals surface area contributed by atoms with Gasteiger partial charge in [-0.25, -0.2) is 0 Å². The Bertz CT molecular complexity index is 746. The molecule has 0 unspecified atom stereocenters. The first kappa shape index (κ1) is 12.0. The fraction of sp³-hybridized carbons (Fsp3) is 0. The first-order valence-corrected chi connectivity index (χ1v) is 7.20. The maximum atomic E-state index is 12.4. The second kappa shape index (κ2) is 4.53. The summed E-state index contributed by atoms with van der Waals surface area (Å²) in [6.07, 6.45) is 1.74. The van der Waals surface area contributed by atoms with Gasteiger partial charge in [-0.15, -0.1) is 11.3 Å². The number of hydrogen-bond acceptors (Lipinski definition) is 2. The summed E-state index contributed by atoms with van der Waals surface area (Å²) < 4.78 is 1.58. The molecule has 0 aliphatic heterocycles. The van der Waals surface area contributed by atoms with Crippen molar-refractivity contribution in [3.8, 4) is 0 Å². The minimum absolute atomic E-state index is 0.00347. The highest BCUT2D eigenvalue weighted by Gasteiger charge is 2.16. The number of hydrogen-bond donors (Lipinski definition) is 1. The Balaban J connectivity index is 2.14. The second-order valence-electron chi connectivity index (χ2n) is 3.83. The molecule has 2 nitrogen and oxygen atoms in total. The van der Waals surface area contributed by atoms with Crippen molar-refractivity contribution < 1.29 is 4.79 Å². The number of H-pyrrole nitrogens is 1. The molecule has 18 heavy (non-hydrogen) atoms. The van der Waals surface area contributed by atoms with Gasteiger partial charge in [-0.05, 0) is 30.3 Å². The number of rotatable bonds is 2. The number of aromatic amines is 1. The van der Waals surface area contributed by atoms with Gasteiger partial charge in [0.15, 0.2) is 0 Å². The molecule has 5 heteroatoms. The largest absolute Gasteiger partial charge is 0.360 e. The second-order valence-corrected chi connectivity index (χ2v) is 6.46. The fourth-order valence-corrected chi connectivity index (χ4v) is 3.21. The van der Waals surface area contributed by atoms with Gasteiger partial charge in [-0.2, -0.15) is 0 Å². The monoisotopic (exact) mass is 339 g/mol. The SMILES string of the molecule is O=C(c1ccc(Cl)s1)c1c[nH]c2ccc(Br)cc12. The van der Waals surface area contributed by atoms with E-state index >= 15 is 0 Å². The van der Waals surface area contributed by atoms with Crippen LogP contribution in [0, 0.1) is 0 Å².